The van der Waals surface area contributed by atoms with E-state index >= 15 is 0 Å². The maximum Gasteiger partial charge on any atom is 0.123 e. The molecule has 0 amide bonds. The molecule has 2 aromatic carbocycles. The van der Waals surface area contributed by atoms with Crippen molar-refractivity contribution in [2.24, 2.45) is 0 Å². The van der Waals surface area contributed by atoms with Gasteiger partial charge < -0.3 is 4.74 Å². The number of halogens is 2. The van der Waals surface area contributed by atoms with Crippen LogP contribution in [0.4, 0.5) is 4.39 Å². The van der Waals surface area contributed by atoms with Gasteiger partial charge in [-0.2, -0.15) is 0 Å². The highest BCUT2D eigenvalue weighted by Gasteiger charge is 2.15. The summed E-state index contributed by atoms with van der Waals surface area (Å²) in [4.78, 5) is 0. The van der Waals surface area contributed by atoms with Crippen LogP contribution in [0.15, 0.2) is 36.4 Å². The van der Waals surface area contributed by atoms with Gasteiger partial charge in [-0.1, -0.05) is 12.1 Å². The first-order valence-electron chi connectivity index (χ1n) is 6.07. The Bertz CT molecular complexity index is 575. The summed E-state index contributed by atoms with van der Waals surface area (Å²) >= 11 is 6.47. The van der Waals surface area contributed by atoms with Crippen molar-refractivity contribution in [1.82, 2.24) is 0 Å². The zero-order valence-corrected chi connectivity index (χ0v) is 12.0. The molecule has 0 N–H and O–H groups in total. The van der Waals surface area contributed by atoms with Crippen LogP contribution in [0.1, 0.15) is 27.6 Å². The van der Waals surface area contributed by atoms with Crippen LogP contribution in [-0.2, 0) is 0 Å². The van der Waals surface area contributed by atoms with E-state index in [0.29, 0.717) is 0 Å². The SMILES string of the molecule is COc1ccc(C(Cl)c2cc(C)cc(F)c2)c(C)c1. The molecule has 0 spiro atoms. The first-order valence-corrected chi connectivity index (χ1v) is 6.50. The van der Waals surface area contributed by atoms with E-state index in [1.807, 2.05) is 38.1 Å². The van der Waals surface area contributed by atoms with Gasteiger partial charge in [0.25, 0.3) is 0 Å². The largest absolute Gasteiger partial charge is 0.497 e. The quantitative estimate of drug-likeness (QED) is 0.734. The fraction of sp³-hybridized carbons (Fsp3) is 0.250. The highest BCUT2D eigenvalue weighted by molar-refractivity contribution is 6.22. The summed E-state index contributed by atoms with van der Waals surface area (Å²) in [6.07, 6.45) is 0. The first kappa shape index (κ1) is 13.9. The normalized spacial score (nSPS) is 12.3. The van der Waals surface area contributed by atoms with Crippen molar-refractivity contribution in [2.45, 2.75) is 19.2 Å². The van der Waals surface area contributed by atoms with Gasteiger partial charge in [-0.05, 0) is 60.4 Å². The van der Waals surface area contributed by atoms with Crippen LogP contribution in [0.5, 0.6) is 5.75 Å². The molecule has 0 aliphatic carbocycles. The summed E-state index contributed by atoms with van der Waals surface area (Å²) in [5.41, 5.74) is 3.63. The minimum absolute atomic E-state index is 0.258. The number of aryl methyl sites for hydroxylation is 2. The first-order chi connectivity index (χ1) is 9.01. The second kappa shape index (κ2) is 5.62. The van der Waals surface area contributed by atoms with Crippen molar-refractivity contribution < 1.29 is 9.13 Å². The van der Waals surface area contributed by atoms with E-state index in [-0.39, 0.29) is 11.2 Å². The Morgan fingerprint density at radius 2 is 1.84 bits per heavy atom. The van der Waals surface area contributed by atoms with Crippen LogP contribution >= 0.6 is 11.6 Å². The van der Waals surface area contributed by atoms with Crippen molar-refractivity contribution in [3.8, 4) is 5.75 Å². The van der Waals surface area contributed by atoms with Crippen LogP contribution in [0, 0.1) is 19.7 Å². The van der Waals surface area contributed by atoms with Crippen molar-refractivity contribution in [1.29, 1.82) is 0 Å². The van der Waals surface area contributed by atoms with Crippen LogP contribution < -0.4 is 4.74 Å². The molecule has 0 aromatic heterocycles. The van der Waals surface area contributed by atoms with Crippen LogP contribution in [0.25, 0.3) is 0 Å². The molecule has 1 atom stereocenters. The standard InChI is InChI=1S/C16H16ClFO/c1-10-6-12(9-13(18)7-10)16(17)15-5-4-14(19-3)8-11(15)2/h4-9,16H,1-3H3. The lowest BCUT2D eigenvalue weighted by Gasteiger charge is -2.15. The van der Waals surface area contributed by atoms with Crippen molar-refractivity contribution in [3.05, 3.63) is 64.5 Å². The van der Waals surface area contributed by atoms with Gasteiger partial charge >= 0.3 is 0 Å². The molecule has 0 radical (unpaired) electrons. The molecule has 1 nitrogen and oxygen atoms in total. The lowest BCUT2D eigenvalue weighted by molar-refractivity contribution is 0.414. The molecule has 2 rings (SSSR count). The van der Waals surface area contributed by atoms with Crippen LogP contribution in [0.3, 0.4) is 0 Å². The summed E-state index contributed by atoms with van der Waals surface area (Å²) in [5, 5.41) is -0.361. The molecule has 1 unspecified atom stereocenters. The lowest BCUT2D eigenvalue weighted by Crippen LogP contribution is -1.98. The Kier molecular flexibility index (Phi) is 4.11. The summed E-state index contributed by atoms with van der Waals surface area (Å²) < 4.78 is 18.6. The second-order valence-corrected chi connectivity index (χ2v) is 5.08. The van der Waals surface area contributed by atoms with Crippen LogP contribution in [0.2, 0.25) is 0 Å². The second-order valence-electron chi connectivity index (χ2n) is 4.65. The highest BCUT2D eigenvalue weighted by Crippen LogP contribution is 2.33. The predicted molar refractivity (Wildman–Crippen MR) is 76.6 cm³/mol. The number of hydrogen-bond donors (Lipinski definition) is 0. The third-order valence-corrected chi connectivity index (χ3v) is 3.59. The predicted octanol–water partition coefficient (Wildman–Crippen LogP) is 4.78. The Hall–Kier alpha value is -1.54. The fourth-order valence-corrected chi connectivity index (χ4v) is 2.52. The van der Waals surface area contributed by atoms with E-state index in [0.717, 1.165) is 28.0 Å². The molecule has 2 aromatic rings. The van der Waals surface area contributed by atoms with Gasteiger partial charge in [0.15, 0.2) is 0 Å². The number of methoxy groups -OCH3 is 1. The Balaban J connectivity index is 2.40. The van der Waals surface area contributed by atoms with Crippen molar-refractivity contribution in [3.63, 3.8) is 0 Å². The molecule has 0 aliphatic rings. The molecular formula is C16H16ClFO. The number of rotatable bonds is 3. The van der Waals surface area contributed by atoms with E-state index in [4.69, 9.17) is 16.3 Å². The van der Waals surface area contributed by atoms with Crippen LogP contribution in [-0.4, -0.2) is 7.11 Å². The van der Waals surface area contributed by atoms with E-state index in [1.54, 1.807) is 7.11 Å². The van der Waals surface area contributed by atoms with Gasteiger partial charge in [0.05, 0.1) is 12.5 Å². The molecule has 0 fully saturated rings. The summed E-state index contributed by atoms with van der Waals surface area (Å²) in [5.74, 6) is 0.535. The van der Waals surface area contributed by atoms with Crippen molar-refractivity contribution in [2.75, 3.05) is 7.11 Å². The lowest BCUT2D eigenvalue weighted by atomic mass is 9.98. The topological polar surface area (TPSA) is 9.23 Å². The molecule has 0 saturated heterocycles. The average Bonchev–Trinajstić information content (AvgIpc) is 2.36. The van der Waals surface area contributed by atoms with E-state index in [9.17, 15) is 4.39 Å². The number of ether oxygens (including phenoxy) is 1. The van der Waals surface area contributed by atoms with Gasteiger partial charge in [-0.25, -0.2) is 4.39 Å². The Labute approximate surface area is 118 Å². The number of alkyl halides is 1. The van der Waals surface area contributed by atoms with Gasteiger partial charge in [-0.15, -0.1) is 11.6 Å². The molecule has 0 aliphatic heterocycles. The molecule has 100 valence electrons. The number of hydrogen-bond acceptors (Lipinski definition) is 1. The monoisotopic (exact) mass is 278 g/mol. The molecule has 19 heavy (non-hydrogen) atoms. The maximum atomic E-state index is 13.4. The van der Waals surface area contributed by atoms with E-state index < -0.39 is 0 Å². The third kappa shape index (κ3) is 3.07. The van der Waals surface area contributed by atoms with Crippen molar-refractivity contribution >= 4 is 11.6 Å². The van der Waals surface area contributed by atoms with Gasteiger partial charge in [0, 0.05) is 0 Å². The summed E-state index contributed by atoms with van der Waals surface area (Å²) in [7, 11) is 1.63. The molecule has 3 heteroatoms. The van der Waals surface area contributed by atoms with Gasteiger partial charge in [0.2, 0.25) is 0 Å². The highest BCUT2D eigenvalue weighted by atomic mass is 35.5. The third-order valence-electron chi connectivity index (χ3n) is 3.11. The zero-order valence-electron chi connectivity index (χ0n) is 11.2. The molecule has 0 heterocycles. The number of benzene rings is 2. The maximum absolute atomic E-state index is 13.4. The summed E-state index contributed by atoms with van der Waals surface area (Å²) in [6, 6.07) is 10.6. The zero-order chi connectivity index (χ0) is 14.0. The Morgan fingerprint density at radius 1 is 1.11 bits per heavy atom. The van der Waals surface area contributed by atoms with Gasteiger partial charge in [0.1, 0.15) is 11.6 Å². The molecular weight excluding hydrogens is 263 g/mol. The minimum atomic E-state index is -0.361. The summed E-state index contributed by atoms with van der Waals surface area (Å²) in [6.45, 7) is 3.83. The van der Waals surface area contributed by atoms with E-state index in [1.165, 1.54) is 12.1 Å². The Morgan fingerprint density at radius 3 is 2.42 bits per heavy atom. The minimum Gasteiger partial charge on any atom is -0.497 e. The fourth-order valence-electron chi connectivity index (χ4n) is 2.15. The van der Waals surface area contributed by atoms with Gasteiger partial charge in [-0.3, -0.25) is 0 Å². The average molecular weight is 279 g/mol. The smallest absolute Gasteiger partial charge is 0.123 e. The molecule has 0 saturated carbocycles. The van der Waals surface area contributed by atoms with E-state index in [2.05, 4.69) is 0 Å². The molecule has 0 bridgehead atoms.